The Morgan fingerprint density at radius 3 is 2.27 bits per heavy atom. The number of pyridine rings is 1. The molecule has 7 aromatic rings. The number of aryl methyl sites for hydroxylation is 1. The van der Waals surface area contributed by atoms with Crippen LogP contribution in [0, 0.1) is 18.1 Å². The van der Waals surface area contributed by atoms with Gasteiger partial charge >= 0.3 is 21.1 Å². The maximum atomic E-state index is 6.63. The Kier molecular flexibility index (Phi) is 13.1. The summed E-state index contributed by atoms with van der Waals surface area (Å²) in [7, 11) is 0. The van der Waals surface area contributed by atoms with Gasteiger partial charge in [-0.3, -0.25) is 4.68 Å². The zero-order chi connectivity index (χ0) is 38.7. The van der Waals surface area contributed by atoms with Crippen molar-refractivity contribution < 1.29 is 25.8 Å². The average Bonchev–Trinajstić information content (AvgIpc) is 3.70. The molecule has 0 bridgehead atoms. The second kappa shape index (κ2) is 17.8. The Morgan fingerprint density at radius 1 is 0.768 bits per heavy atom. The van der Waals surface area contributed by atoms with Gasteiger partial charge in [-0.15, -0.1) is 35.7 Å². The van der Waals surface area contributed by atoms with Gasteiger partial charge in [-0.2, -0.15) is 17.2 Å². The number of nitrogens with zero attached hydrogens (tertiary/aromatic N) is 4. The van der Waals surface area contributed by atoms with Crippen molar-refractivity contribution in [3.63, 3.8) is 0 Å². The van der Waals surface area contributed by atoms with Gasteiger partial charge in [0.2, 0.25) is 0 Å². The summed E-state index contributed by atoms with van der Waals surface area (Å²) in [6, 6.07) is 39.5. The van der Waals surface area contributed by atoms with E-state index < -0.39 is 0 Å². The van der Waals surface area contributed by atoms with Crippen LogP contribution in [0.1, 0.15) is 116 Å². The molecule has 0 aliphatic rings. The van der Waals surface area contributed by atoms with E-state index >= 15 is 0 Å². The first-order valence-electron chi connectivity index (χ1n) is 20.4. The molecule has 0 aliphatic carbocycles. The molecule has 0 saturated carbocycles. The molecule has 0 radical (unpaired) electrons. The molecule has 6 heteroatoms. The van der Waals surface area contributed by atoms with Gasteiger partial charge in [-0.1, -0.05) is 129 Å². The first-order valence-corrected chi connectivity index (χ1v) is 20.4. The van der Waals surface area contributed by atoms with Crippen molar-refractivity contribution in [2.24, 2.45) is 5.92 Å². The second-order valence-electron chi connectivity index (χ2n) is 16.4. The minimum Gasteiger partial charge on any atom is -0.509 e. The number of benzene rings is 4. The zero-order valence-corrected chi connectivity index (χ0v) is 36.6. The molecule has 292 valence electrons. The van der Waals surface area contributed by atoms with Gasteiger partial charge in [0.25, 0.3) is 0 Å². The second-order valence-corrected chi connectivity index (χ2v) is 16.4. The van der Waals surface area contributed by atoms with Crippen LogP contribution in [0.4, 0.5) is 0 Å². The van der Waals surface area contributed by atoms with Gasteiger partial charge < -0.3 is 9.30 Å². The molecular weight excluding hydrogens is 868 g/mol. The third-order valence-corrected chi connectivity index (χ3v) is 10.9. The van der Waals surface area contributed by atoms with Gasteiger partial charge in [0.05, 0.1) is 5.69 Å². The molecule has 56 heavy (non-hydrogen) atoms. The van der Waals surface area contributed by atoms with E-state index in [1.54, 1.807) is 0 Å². The topological polar surface area (TPSA) is 44.9 Å². The van der Waals surface area contributed by atoms with Crippen LogP contribution in [0.3, 0.4) is 0 Å². The van der Waals surface area contributed by atoms with E-state index in [1.807, 2.05) is 24.4 Å². The van der Waals surface area contributed by atoms with Crippen molar-refractivity contribution in [2.75, 3.05) is 0 Å². The van der Waals surface area contributed by atoms with Crippen molar-refractivity contribution >= 4 is 21.8 Å². The first kappa shape index (κ1) is 41.2. The maximum absolute atomic E-state index is 6.63. The van der Waals surface area contributed by atoms with E-state index in [-0.39, 0.29) is 26.5 Å². The van der Waals surface area contributed by atoms with Crippen LogP contribution in [-0.4, -0.2) is 19.3 Å². The smallest absolute Gasteiger partial charge is 0.509 e. The Bertz CT molecular complexity index is 2400. The summed E-state index contributed by atoms with van der Waals surface area (Å²) >= 11 is 0. The molecule has 0 fully saturated rings. The van der Waals surface area contributed by atoms with Crippen LogP contribution in [0.5, 0.6) is 11.5 Å². The Hall–Kier alpha value is -4.47. The standard InChI is InChI=1S/C50H56N4O.Pt/c1-9-16-34(4)29-35(5)37-23-26-45-43(30-37)42-25-24-41(33-47(42)53(45)48-31-38(27-28-51-48)50(6,7)8)55-40-22-15-21-39(32-40)54-46(18-11-3)49(44(52-54)17-10-2)36-19-13-12-14-20-36;/h12-15,19-28,30-31,34-35H,9-11,16-18,29H2,1-8H3;/q-2;+2. The molecule has 0 amide bonds. The van der Waals surface area contributed by atoms with E-state index in [4.69, 9.17) is 14.8 Å². The van der Waals surface area contributed by atoms with E-state index in [2.05, 4.69) is 150 Å². The van der Waals surface area contributed by atoms with Crippen molar-refractivity contribution in [1.82, 2.24) is 19.3 Å². The average molecular weight is 924 g/mol. The zero-order valence-electron chi connectivity index (χ0n) is 34.4. The fourth-order valence-electron chi connectivity index (χ4n) is 8.16. The number of hydrogen-bond donors (Lipinski definition) is 0. The molecule has 0 aliphatic heterocycles. The van der Waals surface area contributed by atoms with Crippen molar-refractivity contribution in [1.29, 1.82) is 0 Å². The van der Waals surface area contributed by atoms with E-state index in [0.717, 1.165) is 59.3 Å². The maximum Gasteiger partial charge on any atom is 2.00 e. The predicted molar refractivity (Wildman–Crippen MR) is 229 cm³/mol. The number of fused-ring (bicyclic) bond motifs is 3. The summed E-state index contributed by atoms with van der Waals surface area (Å²) in [5.74, 6) is 3.30. The Balaban J connectivity index is 0.00000532. The molecule has 3 heterocycles. The van der Waals surface area contributed by atoms with Gasteiger partial charge in [-0.05, 0) is 82.5 Å². The monoisotopic (exact) mass is 923 g/mol. The van der Waals surface area contributed by atoms with Gasteiger partial charge in [0.1, 0.15) is 5.82 Å². The summed E-state index contributed by atoms with van der Waals surface area (Å²) in [6.07, 6.45) is 9.46. The van der Waals surface area contributed by atoms with E-state index in [0.29, 0.717) is 23.3 Å². The largest absolute Gasteiger partial charge is 2.00 e. The van der Waals surface area contributed by atoms with Crippen LogP contribution in [0.25, 0.3) is 44.4 Å². The fourth-order valence-corrected chi connectivity index (χ4v) is 8.16. The Labute approximate surface area is 348 Å². The number of rotatable bonds is 14. The molecule has 7 rings (SSSR count). The molecule has 0 spiro atoms. The van der Waals surface area contributed by atoms with Crippen molar-refractivity contribution in [3.05, 3.63) is 132 Å². The summed E-state index contributed by atoms with van der Waals surface area (Å²) < 4.78 is 11.0. The normalized spacial score (nSPS) is 12.9. The molecule has 3 aromatic heterocycles. The predicted octanol–water partition coefficient (Wildman–Crippen LogP) is 13.6. The molecule has 2 unspecified atom stereocenters. The summed E-state index contributed by atoms with van der Waals surface area (Å²) in [4.78, 5) is 4.93. The van der Waals surface area contributed by atoms with Crippen LogP contribution >= 0.6 is 0 Å². The van der Waals surface area contributed by atoms with Crippen LogP contribution in [-0.2, 0) is 39.3 Å². The van der Waals surface area contributed by atoms with Gasteiger partial charge in [0.15, 0.2) is 0 Å². The number of ether oxygens (including phenoxy) is 1. The van der Waals surface area contributed by atoms with Gasteiger partial charge in [0, 0.05) is 34.5 Å². The molecule has 5 nitrogen and oxygen atoms in total. The van der Waals surface area contributed by atoms with E-state index in [9.17, 15) is 0 Å². The molecule has 0 saturated heterocycles. The van der Waals surface area contributed by atoms with Gasteiger partial charge in [-0.25, -0.2) is 4.98 Å². The van der Waals surface area contributed by atoms with Crippen LogP contribution < -0.4 is 4.74 Å². The molecule has 4 aromatic carbocycles. The molecule has 2 atom stereocenters. The SMILES string of the molecule is CCCc1nn(-c2[c-]c(Oc3[c-]c4c(cc3)c3cc(C(C)CC(C)CCC)ccc3n4-c3cc(C(C)(C)C)ccn3)ccc2)c(CCC)c1-c1ccccc1.[Pt+2]. The van der Waals surface area contributed by atoms with Crippen molar-refractivity contribution in [3.8, 4) is 34.1 Å². The minimum absolute atomic E-state index is 0. The molecule has 0 N–H and O–H groups in total. The Morgan fingerprint density at radius 2 is 1.54 bits per heavy atom. The summed E-state index contributed by atoms with van der Waals surface area (Å²) in [6.45, 7) is 18.2. The third kappa shape index (κ3) is 8.59. The van der Waals surface area contributed by atoms with Crippen LogP contribution in [0.15, 0.2) is 97.2 Å². The summed E-state index contributed by atoms with van der Waals surface area (Å²) in [5.41, 5.74) is 10.3. The van der Waals surface area contributed by atoms with E-state index in [1.165, 1.54) is 52.6 Å². The third-order valence-electron chi connectivity index (χ3n) is 10.9. The number of aromatic nitrogens is 4. The minimum atomic E-state index is -0.0161. The quantitative estimate of drug-likeness (QED) is 0.102. The molecular formula is C50H56N4OPt. The number of hydrogen-bond acceptors (Lipinski definition) is 3. The van der Waals surface area contributed by atoms with Crippen LogP contribution in [0.2, 0.25) is 0 Å². The fraction of sp³-hybridized carbons (Fsp3) is 0.360. The first-order chi connectivity index (χ1) is 26.6. The van der Waals surface area contributed by atoms with Crippen molar-refractivity contribution in [2.45, 2.75) is 112 Å². The summed E-state index contributed by atoms with van der Waals surface area (Å²) in [5, 5.41) is 7.55.